The normalized spacial score (nSPS) is 12.4. The highest BCUT2D eigenvalue weighted by atomic mass is 14.3. The summed E-state index contributed by atoms with van der Waals surface area (Å²) in [5.41, 5.74) is 2.67. The van der Waals surface area contributed by atoms with Crippen LogP contribution in [0.1, 0.15) is 38.3 Å². The Morgan fingerprint density at radius 2 is 1.69 bits per heavy atom. The maximum atomic E-state index is 9.05. The summed E-state index contributed by atoms with van der Waals surface area (Å²) in [4.78, 5) is 0. The van der Waals surface area contributed by atoms with Crippen LogP contribution in [0.15, 0.2) is 24.3 Å². The van der Waals surface area contributed by atoms with E-state index in [-0.39, 0.29) is 5.92 Å². The molecular formula is C15H21N. The summed E-state index contributed by atoms with van der Waals surface area (Å²) in [5, 5.41) is 9.05. The topological polar surface area (TPSA) is 23.8 Å². The van der Waals surface area contributed by atoms with E-state index in [4.69, 9.17) is 5.26 Å². The van der Waals surface area contributed by atoms with Gasteiger partial charge in [-0.25, -0.2) is 0 Å². The Labute approximate surface area is 99.1 Å². The zero-order chi connectivity index (χ0) is 12.0. The Morgan fingerprint density at radius 3 is 2.12 bits per heavy atom. The number of hydrogen-bond donors (Lipinski definition) is 0. The third kappa shape index (κ3) is 3.70. The van der Waals surface area contributed by atoms with Crippen LogP contribution in [0.3, 0.4) is 0 Å². The van der Waals surface area contributed by atoms with E-state index in [0.29, 0.717) is 5.92 Å². The molecule has 1 aromatic rings. The van der Waals surface area contributed by atoms with Crippen LogP contribution >= 0.6 is 0 Å². The van der Waals surface area contributed by atoms with E-state index >= 15 is 0 Å². The predicted octanol–water partition coefficient (Wildman–Crippen LogP) is 3.98. The van der Waals surface area contributed by atoms with E-state index in [1.165, 1.54) is 17.5 Å². The van der Waals surface area contributed by atoms with E-state index in [2.05, 4.69) is 51.1 Å². The summed E-state index contributed by atoms with van der Waals surface area (Å²) in [5.74, 6) is 0.567. The standard InChI is InChI=1S/C15H21N/c1-4-5-13-6-8-14(9-7-13)10-15(11-16)12(2)3/h6-9,12,15H,4-5,10H2,1-3H3. The molecule has 1 nitrogen and oxygen atoms in total. The second-order valence-electron chi connectivity index (χ2n) is 4.75. The molecule has 0 aliphatic rings. The predicted molar refractivity (Wildman–Crippen MR) is 68.1 cm³/mol. The summed E-state index contributed by atoms with van der Waals surface area (Å²) in [6, 6.07) is 11.1. The van der Waals surface area contributed by atoms with Crippen molar-refractivity contribution in [2.75, 3.05) is 0 Å². The molecule has 16 heavy (non-hydrogen) atoms. The molecule has 0 aliphatic heterocycles. The minimum absolute atomic E-state index is 0.136. The van der Waals surface area contributed by atoms with Crippen LogP contribution in [-0.4, -0.2) is 0 Å². The largest absolute Gasteiger partial charge is 0.198 e. The van der Waals surface area contributed by atoms with Crippen molar-refractivity contribution in [3.05, 3.63) is 35.4 Å². The third-order valence-electron chi connectivity index (χ3n) is 2.99. The SMILES string of the molecule is CCCc1ccc(CC(C#N)C(C)C)cc1. The van der Waals surface area contributed by atoms with Crippen molar-refractivity contribution >= 4 is 0 Å². The average Bonchev–Trinajstić information content (AvgIpc) is 2.28. The van der Waals surface area contributed by atoms with Gasteiger partial charge in [0.1, 0.15) is 0 Å². The van der Waals surface area contributed by atoms with E-state index in [0.717, 1.165) is 12.8 Å². The lowest BCUT2D eigenvalue weighted by molar-refractivity contribution is 0.474. The first kappa shape index (κ1) is 12.8. The van der Waals surface area contributed by atoms with Crippen LogP contribution in [0.2, 0.25) is 0 Å². The molecule has 0 radical (unpaired) electrons. The number of benzene rings is 1. The monoisotopic (exact) mass is 215 g/mol. The van der Waals surface area contributed by atoms with E-state index < -0.39 is 0 Å². The Hall–Kier alpha value is -1.29. The molecule has 0 amide bonds. The minimum Gasteiger partial charge on any atom is -0.198 e. The molecule has 1 rings (SSSR count). The van der Waals surface area contributed by atoms with Gasteiger partial charge in [0.05, 0.1) is 12.0 Å². The molecule has 86 valence electrons. The third-order valence-corrected chi connectivity index (χ3v) is 2.99. The van der Waals surface area contributed by atoms with Crippen LogP contribution in [0.5, 0.6) is 0 Å². The molecule has 0 aliphatic carbocycles. The quantitative estimate of drug-likeness (QED) is 0.729. The Bertz CT molecular complexity index is 343. The highest BCUT2D eigenvalue weighted by Gasteiger charge is 2.12. The molecule has 1 heteroatoms. The Morgan fingerprint density at radius 1 is 1.12 bits per heavy atom. The van der Waals surface area contributed by atoms with Crippen molar-refractivity contribution in [1.82, 2.24) is 0 Å². The van der Waals surface area contributed by atoms with Gasteiger partial charge in [0, 0.05) is 0 Å². The molecule has 0 saturated carbocycles. The number of nitriles is 1. The molecule has 0 saturated heterocycles. The summed E-state index contributed by atoms with van der Waals surface area (Å²) >= 11 is 0. The fraction of sp³-hybridized carbons (Fsp3) is 0.533. The van der Waals surface area contributed by atoms with Gasteiger partial charge in [-0.2, -0.15) is 5.26 Å². The molecular weight excluding hydrogens is 194 g/mol. The van der Waals surface area contributed by atoms with Gasteiger partial charge in [-0.3, -0.25) is 0 Å². The van der Waals surface area contributed by atoms with Crippen LogP contribution in [0.25, 0.3) is 0 Å². The van der Waals surface area contributed by atoms with Crippen molar-refractivity contribution in [2.45, 2.75) is 40.0 Å². The fourth-order valence-corrected chi connectivity index (χ4v) is 1.82. The van der Waals surface area contributed by atoms with Gasteiger partial charge in [-0.15, -0.1) is 0 Å². The molecule has 0 heterocycles. The van der Waals surface area contributed by atoms with E-state index in [9.17, 15) is 0 Å². The first-order valence-electron chi connectivity index (χ1n) is 6.14. The highest BCUT2D eigenvalue weighted by Crippen LogP contribution is 2.17. The lowest BCUT2D eigenvalue weighted by Gasteiger charge is -2.12. The summed E-state index contributed by atoms with van der Waals surface area (Å²) < 4.78 is 0. The van der Waals surface area contributed by atoms with Crippen molar-refractivity contribution < 1.29 is 0 Å². The zero-order valence-corrected chi connectivity index (χ0v) is 10.5. The maximum Gasteiger partial charge on any atom is 0.0661 e. The number of rotatable bonds is 5. The van der Waals surface area contributed by atoms with Crippen molar-refractivity contribution in [2.24, 2.45) is 11.8 Å². The maximum absolute atomic E-state index is 9.05. The van der Waals surface area contributed by atoms with Crippen LogP contribution in [0, 0.1) is 23.2 Å². The average molecular weight is 215 g/mol. The van der Waals surface area contributed by atoms with Crippen molar-refractivity contribution in [3.8, 4) is 6.07 Å². The highest BCUT2D eigenvalue weighted by molar-refractivity contribution is 5.23. The fourth-order valence-electron chi connectivity index (χ4n) is 1.82. The van der Waals surface area contributed by atoms with E-state index in [1.54, 1.807) is 0 Å². The summed E-state index contributed by atoms with van der Waals surface area (Å²) in [6.45, 7) is 6.41. The Balaban J connectivity index is 2.64. The van der Waals surface area contributed by atoms with Crippen LogP contribution < -0.4 is 0 Å². The lowest BCUT2D eigenvalue weighted by Crippen LogP contribution is -2.09. The smallest absolute Gasteiger partial charge is 0.0661 e. The molecule has 1 unspecified atom stereocenters. The molecule has 0 fully saturated rings. The number of aryl methyl sites for hydroxylation is 1. The van der Waals surface area contributed by atoms with Crippen LogP contribution in [-0.2, 0) is 12.8 Å². The molecule has 1 aromatic carbocycles. The lowest BCUT2D eigenvalue weighted by atomic mass is 9.90. The van der Waals surface area contributed by atoms with Gasteiger partial charge in [-0.05, 0) is 29.9 Å². The molecule has 1 atom stereocenters. The first-order chi connectivity index (χ1) is 7.67. The molecule has 0 spiro atoms. The van der Waals surface area contributed by atoms with Gasteiger partial charge in [0.15, 0.2) is 0 Å². The molecule has 0 bridgehead atoms. The van der Waals surface area contributed by atoms with Crippen molar-refractivity contribution in [1.29, 1.82) is 5.26 Å². The van der Waals surface area contributed by atoms with Gasteiger partial charge in [0.25, 0.3) is 0 Å². The van der Waals surface area contributed by atoms with Crippen molar-refractivity contribution in [3.63, 3.8) is 0 Å². The minimum atomic E-state index is 0.136. The van der Waals surface area contributed by atoms with Gasteiger partial charge in [-0.1, -0.05) is 51.5 Å². The first-order valence-corrected chi connectivity index (χ1v) is 6.14. The zero-order valence-electron chi connectivity index (χ0n) is 10.5. The van der Waals surface area contributed by atoms with Crippen LogP contribution in [0.4, 0.5) is 0 Å². The summed E-state index contributed by atoms with van der Waals surface area (Å²) in [7, 11) is 0. The number of nitrogens with zero attached hydrogens (tertiary/aromatic N) is 1. The molecule has 0 aromatic heterocycles. The Kier molecular flexibility index (Phi) is 5.05. The van der Waals surface area contributed by atoms with Gasteiger partial charge < -0.3 is 0 Å². The van der Waals surface area contributed by atoms with Gasteiger partial charge >= 0.3 is 0 Å². The summed E-state index contributed by atoms with van der Waals surface area (Å²) in [6.07, 6.45) is 3.21. The molecule has 0 N–H and O–H groups in total. The van der Waals surface area contributed by atoms with E-state index in [1.807, 2.05) is 0 Å². The second-order valence-corrected chi connectivity index (χ2v) is 4.75. The number of hydrogen-bond acceptors (Lipinski definition) is 1. The van der Waals surface area contributed by atoms with Gasteiger partial charge in [0.2, 0.25) is 0 Å². The second kappa shape index (κ2) is 6.33.